The SMILES string of the molecule is Cc1c(CNCC(O)c2ccccc2)c2ccccc2n1Cc1ccc(Cl)cc1Cl. The van der Waals surface area contributed by atoms with Crippen molar-refractivity contribution in [3.8, 4) is 0 Å². The van der Waals surface area contributed by atoms with Crippen molar-refractivity contribution in [2.45, 2.75) is 26.1 Å². The minimum Gasteiger partial charge on any atom is -0.387 e. The number of hydrogen-bond acceptors (Lipinski definition) is 2. The van der Waals surface area contributed by atoms with Gasteiger partial charge in [-0.2, -0.15) is 0 Å². The summed E-state index contributed by atoms with van der Waals surface area (Å²) in [6.07, 6.45) is -0.535. The number of nitrogens with one attached hydrogen (secondary N) is 1. The van der Waals surface area contributed by atoms with Crippen molar-refractivity contribution in [3.05, 3.63) is 105 Å². The summed E-state index contributed by atoms with van der Waals surface area (Å²) in [5.74, 6) is 0. The first-order valence-corrected chi connectivity index (χ1v) is 10.7. The fourth-order valence-corrected chi connectivity index (χ4v) is 4.35. The van der Waals surface area contributed by atoms with Crippen molar-refractivity contribution in [2.24, 2.45) is 0 Å². The minimum absolute atomic E-state index is 0.492. The molecule has 0 saturated heterocycles. The number of rotatable bonds is 7. The molecule has 0 fully saturated rings. The van der Waals surface area contributed by atoms with Gasteiger partial charge in [-0.25, -0.2) is 0 Å². The molecule has 154 valence electrons. The molecule has 0 aliphatic rings. The zero-order chi connectivity index (χ0) is 21.1. The second-order valence-electron chi connectivity index (χ2n) is 7.46. The van der Waals surface area contributed by atoms with Gasteiger partial charge in [0.05, 0.1) is 6.10 Å². The largest absolute Gasteiger partial charge is 0.387 e. The maximum absolute atomic E-state index is 10.4. The van der Waals surface area contributed by atoms with Gasteiger partial charge in [-0.05, 0) is 41.8 Å². The molecule has 30 heavy (non-hydrogen) atoms. The number of aliphatic hydroxyl groups excluding tert-OH is 1. The molecule has 0 aliphatic carbocycles. The lowest BCUT2D eigenvalue weighted by Crippen LogP contribution is -2.21. The van der Waals surface area contributed by atoms with Crippen molar-refractivity contribution in [1.82, 2.24) is 9.88 Å². The molecule has 1 heterocycles. The molecular formula is C25H24Cl2N2O. The van der Waals surface area contributed by atoms with Crippen LogP contribution in [0.2, 0.25) is 10.0 Å². The molecule has 0 radical (unpaired) electrons. The Morgan fingerprint density at radius 2 is 1.70 bits per heavy atom. The van der Waals surface area contributed by atoms with Crippen LogP contribution in [0.4, 0.5) is 0 Å². The van der Waals surface area contributed by atoms with Crippen LogP contribution in [0.3, 0.4) is 0 Å². The molecule has 0 amide bonds. The third kappa shape index (κ3) is 4.40. The zero-order valence-corrected chi connectivity index (χ0v) is 18.3. The van der Waals surface area contributed by atoms with Crippen LogP contribution >= 0.6 is 23.2 Å². The van der Waals surface area contributed by atoms with Gasteiger partial charge in [-0.1, -0.05) is 77.8 Å². The standard InChI is InChI=1S/C25H24Cl2N2O/c1-17-22(14-28-15-25(30)18-7-3-2-4-8-18)21-9-5-6-10-24(21)29(17)16-19-11-12-20(26)13-23(19)27/h2-13,25,28,30H,14-16H2,1H3. The van der Waals surface area contributed by atoms with Crippen LogP contribution in [0.25, 0.3) is 10.9 Å². The van der Waals surface area contributed by atoms with E-state index in [-0.39, 0.29) is 0 Å². The first kappa shape index (κ1) is 21.0. The number of halogens is 2. The molecule has 3 aromatic carbocycles. The number of hydrogen-bond donors (Lipinski definition) is 2. The van der Waals surface area contributed by atoms with Gasteiger partial charge >= 0.3 is 0 Å². The smallest absolute Gasteiger partial charge is 0.0914 e. The van der Waals surface area contributed by atoms with E-state index < -0.39 is 6.10 Å². The number of fused-ring (bicyclic) bond motifs is 1. The van der Waals surface area contributed by atoms with E-state index >= 15 is 0 Å². The van der Waals surface area contributed by atoms with Crippen molar-refractivity contribution in [2.75, 3.05) is 6.54 Å². The molecule has 1 aromatic heterocycles. The first-order chi connectivity index (χ1) is 14.5. The highest BCUT2D eigenvalue weighted by Gasteiger charge is 2.15. The van der Waals surface area contributed by atoms with Crippen molar-refractivity contribution >= 4 is 34.1 Å². The van der Waals surface area contributed by atoms with Gasteiger partial charge in [0.25, 0.3) is 0 Å². The summed E-state index contributed by atoms with van der Waals surface area (Å²) in [5.41, 5.74) is 5.53. The van der Waals surface area contributed by atoms with Crippen molar-refractivity contribution in [1.29, 1.82) is 0 Å². The Balaban J connectivity index is 1.57. The fraction of sp³-hybridized carbons (Fsp3) is 0.200. The second kappa shape index (κ2) is 9.23. The lowest BCUT2D eigenvalue weighted by atomic mass is 10.1. The molecule has 4 rings (SSSR count). The normalized spacial score (nSPS) is 12.4. The van der Waals surface area contributed by atoms with Gasteiger partial charge in [-0.3, -0.25) is 0 Å². The maximum atomic E-state index is 10.4. The van der Waals surface area contributed by atoms with Gasteiger partial charge < -0.3 is 15.0 Å². The summed E-state index contributed by atoms with van der Waals surface area (Å²) < 4.78 is 2.29. The molecule has 1 atom stereocenters. The van der Waals surface area contributed by atoms with E-state index in [0.717, 1.165) is 11.1 Å². The summed E-state index contributed by atoms with van der Waals surface area (Å²) in [6, 6.07) is 23.8. The average Bonchev–Trinajstić information content (AvgIpc) is 3.02. The topological polar surface area (TPSA) is 37.2 Å². The van der Waals surface area contributed by atoms with Crippen LogP contribution in [0, 0.1) is 6.92 Å². The summed E-state index contributed by atoms with van der Waals surface area (Å²) in [5, 5.41) is 16.4. The summed E-state index contributed by atoms with van der Waals surface area (Å²) in [7, 11) is 0. The maximum Gasteiger partial charge on any atom is 0.0914 e. The van der Waals surface area contributed by atoms with E-state index in [1.54, 1.807) is 6.07 Å². The Bertz CT molecular complexity index is 1150. The molecule has 1 unspecified atom stereocenters. The number of nitrogens with zero attached hydrogens (tertiary/aromatic N) is 1. The predicted octanol–water partition coefficient (Wildman–Crippen LogP) is 6.13. The highest BCUT2D eigenvalue weighted by Crippen LogP contribution is 2.29. The van der Waals surface area contributed by atoms with Crippen LogP contribution in [-0.4, -0.2) is 16.2 Å². The zero-order valence-electron chi connectivity index (χ0n) is 16.8. The van der Waals surface area contributed by atoms with Gasteiger partial charge in [0.15, 0.2) is 0 Å². The predicted molar refractivity (Wildman–Crippen MR) is 125 cm³/mol. The van der Waals surface area contributed by atoms with E-state index in [2.05, 4.69) is 41.1 Å². The monoisotopic (exact) mass is 438 g/mol. The number of benzene rings is 3. The van der Waals surface area contributed by atoms with Crippen molar-refractivity contribution in [3.63, 3.8) is 0 Å². The molecule has 0 bridgehead atoms. The second-order valence-corrected chi connectivity index (χ2v) is 8.30. The quantitative estimate of drug-likeness (QED) is 0.364. The van der Waals surface area contributed by atoms with E-state index in [1.807, 2.05) is 42.5 Å². The van der Waals surface area contributed by atoms with Crippen LogP contribution in [0.15, 0.2) is 72.8 Å². The Morgan fingerprint density at radius 3 is 2.47 bits per heavy atom. The fourth-order valence-electron chi connectivity index (χ4n) is 3.88. The highest BCUT2D eigenvalue weighted by atomic mass is 35.5. The van der Waals surface area contributed by atoms with Gasteiger partial charge in [0.2, 0.25) is 0 Å². The summed E-state index contributed by atoms with van der Waals surface area (Å²) in [6.45, 7) is 3.98. The third-order valence-electron chi connectivity index (χ3n) is 5.53. The average molecular weight is 439 g/mol. The number of para-hydroxylation sites is 1. The van der Waals surface area contributed by atoms with Gasteiger partial charge in [0, 0.05) is 46.3 Å². The van der Waals surface area contributed by atoms with Crippen LogP contribution in [0.1, 0.15) is 28.5 Å². The Labute approximate surface area is 186 Å². The van der Waals surface area contributed by atoms with E-state index in [9.17, 15) is 5.11 Å². The molecule has 0 aliphatic heterocycles. The molecule has 2 N–H and O–H groups in total. The minimum atomic E-state index is -0.535. The van der Waals surface area contributed by atoms with Crippen LogP contribution in [-0.2, 0) is 13.1 Å². The number of aromatic nitrogens is 1. The van der Waals surface area contributed by atoms with E-state index in [0.29, 0.717) is 29.7 Å². The van der Waals surface area contributed by atoms with Crippen molar-refractivity contribution < 1.29 is 5.11 Å². The number of aliphatic hydroxyl groups is 1. The molecule has 4 aromatic rings. The molecular weight excluding hydrogens is 415 g/mol. The molecule has 0 saturated carbocycles. The van der Waals surface area contributed by atoms with Gasteiger partial charge in [-0.15, -0.1) is 0 Å². The lowest BCUT2D eigenvalue weighted by molar-refractivity contribution is 0.174. The Kier molecular flexibility index (Phi) is 6.45. The molecule has 0 spiro atoms. The lowest BCUT2D eigenvalue weighted by Gasteiger charge is -2.13. The highest BCUT2D eigenvalue weighted by molar-refractivity contribution is 6.35. The Morgan fingerprint density at radius 1 is 0.967 bits per heavy atom. The van der Waals surface area contributed by atoms with Gasteiger partial charge in [0.1, 0.15) is 0 Å². The first-order valence-electron chi connectivity index (χ1n) is 9.99. The van der Waals surface area contributed by atoms with E-state index in [4.69, 9.17) is 23.2 Å². The summed E-state index contributed by atoms with van der Waals surface area (Å²) >= 11 is 12.5. The molecule has 5 heteroatoms. The van der Waals surface area contributed by atoms with E-state index in [1.165, 1.54) is 22.2 Å². The van der Waals surface area contributed by atoms with Crippen LogP contribution in [0.5, 0.6) is 0 Å². The summed E-state index contributed by atoms with van der Waals surface area (Å²) in [4.78, 5) is 0. The Hall–Kier alpha value is -2.30. The van der Waals surface area contributed by atoms with Crippen LogP contribution < -0.4 is 5.32 Å². The third-order valence-corrected chi connectivity index (χ3v) is 6.12. The molecule has 3 nitrogen and oxygen atoms in total.